The Morgan fingerprint density at radius 2 is 1.97 bits per heavy atom. The van der Waals surface area contributed by atoms with Gasteiger partial charge in [-0.25, -0.2) is 14.4 Å². The molecule has 1 aromatic rings. The molecule has 2 heterocycles. The lowest BCUT2D eigenvalue weighted by atomic mass is 9.95. The lowest BCUT2D eigenvalue weighted by Crippen LogP contribution is -2.52. The van der Waals surface area contributed by atoms with Gasteiger partial charge >= 0.3 is 18.1 Å². The molecule has 0 aliphatic carbocycles. The SMILES string of the molecule is CCOC(=O)N1CCN(CC2=C(C(=O)OC)C(c3cccc(Cl)c3)NC(=O)N2)CC1. The Hall–Kier alpha value is -2.78. The first-order chi connectivity index (χ1) is 14.4. The Morgan fingerprint density at radius 1 is 1.23 bits per heavy atom. The first-order valence-corrected chi connectivity index (χ1v) is 10.1. The number of carbonyl (C=O) groups excluding carboxylic acids is 3. The molecule has 0 aromatic heterocycles. The number of hydrogen-bond donors (Lipinski definition) is 2. The highest BCUT2D eigenvalue weighted by Gasteiger charge is 2.34. The lowest BCUT2D eigenvalue weighted by molar-refractivity contribution is -0.136. The third-order valence-electron chi connectivity index (χ3n) is 5.02. The quantitative estimate of drug-likeness (QED) is 0.684. The fourth-order valence-corrected chi connectivity index (χ4v) is 3.76. The van der Waals surface area contributed by atoms with Gasteiger partial charge in [-0.05, 0) is 24.6 Å². The number of esters is 1. The maximum atomic E-state index is 12.6. The summed E-state index contributed by atoms with van der Waals surface area (Å²) in [5.74, 6) is -0.535. The molecule has 1 saturated heterocycles. The zero-order valence-electron chi connectivity index (χ0n) is 16.9. The van der Waals surface area contributed by atoms with Crippen LogP contribution >= 0.6 is 11.6 Å². The van der Waals surface area contributed by atoms with Crippen molar-refractivity contribution in [1.82, 2.24) is 20.4 Å². The summed E-state index contributed by atoms with van der Waals surface area (Å²) in [5.41, 5.74) is 1.48. The smallest absolute Gasteiger partial charge is 0.409 e. The van der Waals surface area contributed by atoms with Crippen molar-refractivity contribution in [1.29, 1.82) is 0 Å². The summed E-state index contributed by atoms with van der Waals surface area (Å²) in [7, 11) is 1.30. The Balaban J connectivity index is 1.82. The number of carbonyl (C=O) groups is 3. The molecule has 0 bridgehead atoms. The van der Waals surface area contributed by atoms with Crippen LogP contribution in [-0.2, 0) is 14.3 Å². The van der Waals surface area contributed by atoms with Gasteiger partial charge in [0.15, 0.2) is 0 Å². The van der Waals surface area contributed by atoms with E-state index < -0.39 is 18.0 Å². The molecule has 30 heavy (non-hydrogen) atoms. The van der Waals surface area contributed by atoms with Crippen LogP contribution in [-0.4, -0.2) is 74.3 Å². The zero-order valence-corrected chi connectivity index (χ0v) is 17.7. The van der Waals surface area contributed by atoms with E-state index in [1.807, 2.05) is 0 Å². The summed E-state index contributed by atoms with van der Waals surface area (Å²) in [6.45, 7) is 4.62. The first kappa shape index (κ1) is 21.9. The second kappa shape index (κ2) is 9.82. The number of benzene rings is 1. The monoisotopic (exact) mass is 436 g/mol. The molecule has 10 heteroatoms. The lowest BCUT2D eigenvalue weighted by Gasteiger charge is -2.36. The molecular weight excluding hydrogens is 412 g/mol. The van der Waals surface area contributed by atoms with E-state index in [1.165, 1.54) is 7.11 Å². The standard InChI is InChI=1S/C20H25ClN4O5/c1-3-30-20(28)25-9-7-24(8-10-25)12-15-16(18(26)29-2)17(23-19(27)22-15)13-5-4-6-14(21)11-13/h4-6,11,17H,3,7-10,12H2,1-2H3,(H2,22,23,27). The molecule has 1 atom stereocenters. The molecule has 3 amide bonds. The van der Waals surface area contributed by atoms with Gasteiger partial charge in [-0.1, -0.05) is 23.7 Å². The van der Waals surface area contributed by atoms with Gasteiger partial charge in [0.1, 0.15) is 0 Å². The number of piperazine rings is 1. The summed E-state index contributed by atoms with van der Waals surface area (Å²) in [5, 5.41) is 6.02. The van der Waals surface area contributed by atoms with Gasteiger partial charge in [-0.3, -0.25) is 4.90 Å². The Kier molecular flexibility index (Phi) is 7.17. The van der Waals surface area contributed by atoms with Crippen LogP contribution in [0.15, 0.2) is 35.5 Å². The Morgan fingerprint density at radius 3 is 2.60 bits per heavy atom. The largest absolute Gasteiger partial charge is 0.466 e. The minimum Gasteiger partial charge on any atom is -0.466 e. The van der Waals surface area contributed by atoms with Crippen molar-refractivity contribution in [3.63, 3.8) is 0 Å². The van der Waals surface area contributed by atoms with Crippen molar-refractivity contribution in [2.24, 2.45) is 0 Å². The van der Waals surface area contributed by atoms with E-state index in [-0.39, 0.29) is 6.09 Å². The molecule has 9 nitrogen and oxygen atoms in total. The van der Waals surface area contributed by atoms with E-state index in [4.69, 9.17) is 21.1 Å². The summed E-state index contributed by atoms with van der Waals surface area (Å²) in [6.07, 6.45) is -0.331. The molecule has 1 aromatic carbocycles. The van der Waals surface area contributed by atoms with Gasteiger partial charge in [0.25, 0.3) is 0 Å². The average molecular weight is 437 g/mol. The molecule has 162 valence electrons. The molecule has 1 unspecified atom stereocenters. The maximum absolute atomic E-state index is 12.6. The van der Waals surface area contributed by atoms with Crippen LogP contribution in [0.3, 0.4) is 0 Å². The molecule has 2 aliphatic rings. The topological polar surface area (TPSA) is 100 Å². The Labute approximate surface area is 179 Å². The Bertz CT molecular complexity index is 851. The van der Waals surface area contributed by atoms with Gasteiger partial charge in [-0.2, -0.15) is 0 Å². The van der Waals surface area contributed by atoms with E-state index in [0.717, 1.165) is 0 Å². The summed E-state index contributed by atoms with van der Waals surface area (Å²) in [6, 6.07) is 5.89. The summed E-state index contributed by atoms with van der Waals surface area (Å²) in [4.78, 5) is 40.5. The van der Waals surface area contributed by atoms with Gasteiger partial charge in [0.2, 0.25) is 0 Å². The molecular formula is C20H25ClN4O5. The molecule has 2 aliphatic heterocycles. The highest BCUT2D eigenvalue weighted by molar-refractivity contribution is 6.30. The molecule has 1 fully saturated rings. The van der Waals surface area contributed by atoms with Crippen molar-refractivity contribution in [3.05, 3.63) is 46.1 Å². The van der Waals surface area contributed by atoms with Crippen molar-refractivity contribution in [2.75, 3.05) is 46.4 Å². The highest BCUT2D eigenvalue weighted by Crippen LogP contribution is 2.29. The second-order valence-corrected chi connectivity index (χ2v) is 7.37. The van der Waals surface area contributed by atoms with Crippen molar-refractivity contribution in [2.45, 2.75) is 13.0 Å². The van der Waals surface area contributed by atoms with Gasteiger partial charge in [0, 0.05) is 43.4 Å². The number of urea groups is 1. The minimum absolute atomic E-state index is 0.326. The number of rotatable bonds is 5. The number of amides is 3. The van der Waals surface area contributed by atoms with Gasteiger partial charge in [-0.15, -0.1) is 0 Å². The maximum Gasteiger partial charge on any atom is 0.409 e. The van der Waals surface area contributed by atoms with Gasteiger partial charge < -0.3 is 25.0 Å². The minimum atomic E-state index is -0.680. The zero-order chi connectivity index (χ0) is 21.7. The van der Waals surface area contributed by atoms with E-state index in [0.29, 0.717) is 61.2 Å². The number of hydrogen-bond acceptors (Lipinski definition) is 6. The van der Waals surface area contributed by atoms with Crippen molar-refractivity contribution >= 4 is 29.7 Å². The van der Waals surface area contributed by atoms with Crippen molar-refractivity contribution < 1.29 is 23.9 Å². The number of ether oxygens (including phenoxy) is 2. The fourth-order valence-electron chi connectivity index (χ4n) is 3.56. The third-order valence-corrected chi connectivity index (χ3v) is 5.26. The molecule has 0 spiro atoms. The van der Waals surface area contributed by atoms with Crippen LogP contribution in [0.2, 0.25) is 5.02 Å². The van der Waals surface area contributed by atoms with Crippen LogP contribution in [0.1, 0.15) is 18.5 Å². The highest BCUT2D eigenvalue weighted by atomic mass is 35.5. The van der Waals surface area contributed by atoms with Crippen LogP contribution in [0.4, 0.5) is 9.59 Å². The summed E-state index contributed by atoms with van der Waals surface area (Å²) >= 11 is 6.10. The van der Waals surface area contributed by atoms with Crippen LogP contribution in [0.25, 0.3) is 0 Å². The normalized spacial score (nSPS) is 19.8. The van der Waals surface area contributed by atoms with Crippen LogP contribution < -0.4 is 10.6 Å². The van der Waals surface area contributed by atoms with E-state index in [9.17, 15) is 14.4 Å². The number of methoxy groups -OCH3 is 1. The predicted molar refractivity (Wildman–Crippen MR) is 110 cm³/mol. The van der Waals surface area contributed by atoms with Crippen LogP contribution in [0.5, 0.6) is 0 Å². The predicted octanol–water partition coefficient (Wildman–Crippen LogP) is 1.90. The number of nitrogens with zero attached hydrogens (tertiary/aromatic N) is 2. The molecule has 0 radical (unpaired) electrons. The fraction of sp³-hybridized carbons (Fsp3) is 0.450. The molecule has 2 N–H and O–H groups in total. The first-order valence-electron chi connectivity index (χ1n) is 9.71. The molecule has 3 rings (SSSR count). The van der Waals surface area contributed by atoms with Crippen LogP contribution in [0, 0.1) is 0 Å². The number of halogens is 1. The van der Waals surface area contributed by atoms with E-state index in [2.05, 4.69) is 15.5 Å². The number of nitrogens with one attached hydrogen (secondary N) is 2. The summed E-state index contributed by atoms with van der Waals surface area (Å²) < 4.78 is 10.0. The molecule has 0 saturated carbocycles. The second-order valence-electron chi connectivity index (χ2n) is 6.93. The average Bonchev–Trinajstić information content (AvgIpc) is 2.73. The van der Waals surface area contributed by atoms with Gasteiger partial charge in [0.05, 0.1) is 25.3 Å². The van der Waals surface area contributed by atoms with Crippen molar-refractivity contribution in [3.8, 4) is 0 Å². The third kappa shape index (κ3) is 5.03. The van der Waals surface area contributed by atoms with E-state index >= 15 is 0 Å². The van der Waals surface area contributed by atoms with E-state index in [1.54, 1.807) is 36.1 Å².